The van der Waals surface area contributed by atoms with Gasteiger partial charge in [0, 0.05) is 6.54 Å². The van der Waals surface area contributed by atoms with Crippen LogP contribution in [0.1, 0.15) is 11.7 Å². The molecule has 1 fully saturated rings. The molecular formula is C10H12FNO2. The van der Waals surface area contributed by atoms with Crippen LogP contribution in [0.25, 0.3) is 0 Å². The monoisotopic (exact) mass is 197 g/mol. The van der Waals surface area contributed by atoms with E-state index in [0.717, 1.165) is 12.1 Å². The number of ether oxygens (including phenoxy) is 2. The number of hydrogen-bond donors (Lipinski definition) is 1. The lowest BCUT2D eigenvalue weighted by Gasteiger charge is -2.09. The predicted octanol–water partition coefficient (Wildman–Crippen LogP) is 1.45. The minimum atomic E-state index is -0.347. The van der Waals surface area contributed by atoms with E-state index in [-0.39, 0.29) is 17.7 Å². The fraction of sp³-hybridized carbons (Fsp3) is 0.400. The molecule has 0 bridgehead atoms. The van der Waals surface area contributed by atoms with Crippen LogP contribution in [0.3, 0.4) is 0 Å². The van der Waals surface area contributed by atoms with Crippen LogP contribution in [0, 0.1) is 5.82 Å². The zero-order valence-corrected chi connectivity index (χ0v) is 7.92. The van der Waals surface area contributed by atoms with E-state index < -0.39 is 0 Å². The molecule has 3 nitrogen and oxygen atoms in total. The highest BCUT2D eigenvalue weighted by Crippen LogP contribution is 2.24. The van der Waals surface area contributed by atoms with Crippen LogP contribution in [-0.2, 0) is 4.74 Å². The molecule has 2 rings (SSSR count). The standard InChI is InChI=1S/C10H12FNO2/c1-13-9-3-2-7(4-8(9)11)10-5-12-6-14-10/h2-4,10,12H,5-6H2,1H3. The molecule has 1 saturated heterocycles. The Morgan fingerprint density at radius 2 is 2.43 bits per heavy atom. The van der Waals surface area contributed by atoms with E-state index in [1.54, 1.807) is 6.07 Å². The summed E-state index contributed by atoms with van der Waals surface area (Å²) in [5.74, 6) is -0.0831. The molecule has 1 aromatic rings. The molecule has 4 heteroatoms. The highest BCUT2D eigenvalue weighted by molar-refractivity contribution is 5.30. The van der Waals surface area contributed by atoms with Crippen LogP contribution in [0.4, 0.5) is 4.39 Å². The minimum absolute atomic E-state index is 0.0459. The summed E-state index contributed by atoms with van der Waals surface area (Å²) in [7, 11) is 1.45. The van der Waals surface area contributed by atoms with Gasteiger partial charge < -0.3 is 9.47 Å². The van der Waals surface area contributed by atoms with Gasteiger partial charge in [0.1, 0.15) is 0 Å². The fourth-order valence-corrected chi connectivity index (χ4v) is 1.51. The van der Waals surface area contributed by atoms with Crippen molar-refractivity contribution < 1.29 is 13.9 Å². The molecule has 14 heavy (non-hydrogen) atoms. The van der Waals surface area contributed by atoms with Crippen LogP contribution < -0.4 is 10.1 Å². The number of methoxy groups -OCH3 is 1. The van der Waals surface area contributed by atoms with Crippen molar-refractivity contribution in [2.75, 3.05) is 20.4 Å². The Kier molecular flexibility index (Phi) is 2.65. The van der Waals surface area contributed by atoms with E-state index in [1.807, 2.05) is 6.07 Å². The van der Waals surface area contributed by atoms with Crippen LogP contribution in [0.15, 0.2) is 18.2 Å². The third-order valence-electron chi connectivity index (χ3n) is 2.26. The van der Waals surface area contributed by atoms with Crippen molar-refractivity contribution in [1.82, 2.24) is 5.32 Å². The third-order valence-corrected chi connectivity index (χ3v) is 2.26. The smallest absolute Gasteiger partial charge is 0.165 e. The van der Waals surface area contributed by atoms with Crippen LogP contribution in [0.2, 0.25) is 0 Å². The molecular weight excluding hydrogens is 185 g/mol. The van der Waals surface area contributed by atoms with Gasteiger partial charge in [-0.3, -0.25) is 5.32 Å². The van der Waals surface area contributed by atoms with Crippen molar-refractivity contribution in [1.29, 1.82) is 0 Å². The largest absolute Gasteiger partial charge is 0.494 e. The summed E-state index contributed by atoms with van der Waals surface area (Å²) in [5, 5.41) is 3.04. The highest BCUT2D eigenvalue weighted by atomic mass is 19.1. The Bertz CT molecular complexity index is 324. The van der Waals surface area contributed by atoms with E-state index in [2.05, 4.69) is 5.32 Å². The van der Waals surface area contributed by atoms with Crippen molar-refractivity contribution in [2.24, 2.45) is 0 Å². The molecule has 1 heterocycles. The Morgan fingerprint density at radius 1 is 1.57 bits per heavy atom. The maximum Gasteiger partial charge on any atom is 0.165 e. The van der Waals surface area contributed by atoms with Gasteiger partial charge in [-0.05, 0) is 17.7 Å². The molecule has 76 valence electrons. The normalized spacial score (nSPS) is 21.1. The molecule has 1 N–H and O–H groups in total. The maximum absolute atomic E-state index is 13.3. The number of rotatable bonds is 2. The summed E-state index contributed by atoms with van der Waals surface area (Å²) in [6.45, 7) is 1.25. The van der Waals surface area contributed by atoms with Gasteiger partial charge in [0.05, 0.1) is 19.9 Å². The average molecular weight is 197 g/mol. The van der Waals surface area contributed by atoms with E-state index >= 15 is 0 Å². The third kappa shape index (κ3) is 1.71. The number of benzene rings is 1. The Hall–Kier alpha value is -1.13. The molecule has 1 aromatic carbocycles. The van der Waals surface area contributed by atoms with Gasteiger partial charge in [-0.15, -0.1) is 0 Å². The van der Waals surface area contributed by atoms with Crippen molar-refractivity contribution in [2.45, 2.75) is 6.10 Å². The quantitative estimate of drug-likeness (QED) is 0.778. The lowest BCUT2D eigenvalue weighted by atomic mass is 10.1. The van der Waals surface area contributed by atoms with Crippen molar-refractivity contribution in [3.05, 3.63) is 29.6 Å². The molecule has 1 aliphatic rings. The molecule has 0 radical (unpaired) electrons. The van der Waals surface area contributed by atoms with Gasteiger partial charge in [0.15, 0.2) is 11.6 Å². The molecule has 0 saturated carbocycles. The number of nitrogens with one attached hydrogen (secondary N) is 1. The van der Waals surface area contributed by atoms with E-state index in [9.17, 15) is 4.39 Å². The molecule has 0 aliphatic carbocycles. The van der Waals surface area contributed by atoms with Gasteiger partial charge in [-0.25, -0.2) is 4.39 Å². The summed E-state index contributed by atoms with van der Waals surface area (Å²) in [5.41, 5.74) is 0.841. The van der Waals surface area contributed by atoms with E-state index in [1.165, 1.54) is 13.2 Å². The molecule has 0 aromatic heterocycles. The van der Waals surface area contributed by atoms with Crippen LogP contribution in [-0.4, -0.2) is 20.4 Å². The molecule has 1 unspecified atom stereocenters. The summed E-state index contributed by atoms with van der Waals surface area (Å²) in [6, 6.07) is 4.89. The molecule has 1 atom stereocenters. The zero-order chi connectivity index (χ0) is 9.97. The summed E-state index contributed by atoms with van der Waals surface area (Å²) < 4.78 is 23.5. The van der Waals surface area contributed by atoms with Crippen molar-refractivity contribution in [3.8, 4) is 5.75 Å². The van der Waals surface area contributed by atoms with E-state index in [4.69, 9.17) is 9.47 Å². The van der Waals surface area contributed by atoms with Gasteiger partial charge in [0.2, 0.25) is 0 Å². The van der Waals surface area contributed by atoms with Crippen molar-refractivity contribution >= 4 is 0 Å². The molecule has 0 amide bonds. The SMILES string of the molecule is COc1ccc(C2CNCO2)cc1F. The number of hydrogen-bond acceptors (Lipinski definition) is 3. The minimum Gasteiger partial charge on any atom is -0.494 e. The first-order valence-electron chi connectivity index (χ1n) is 4.47. The first kappa shape index (κ1) is 9.43. The van der Waals surface area contributed by atoms with Gasteiger partial charge in [-0.1, -0.05) is 6.07 Å². The summed E-state index contributed by atoms with van der Waals surface area (Å²) in [6.07, 6.45) is -0.0459. The second-order valence-corrected chi connectivity index (χ2v) is 3.15. The predicted molar refractivity (Wildman–Crippen MR) is 49.6 cm³/mol. The lowest BCUT2D eigenvalue weighted by molar-refractivity contribution is 0.114. The Morgan fingerprint density at radius 3 is 3.00 bits per heavy atom. The second-order valence-electron chi connectivity index (χ2n) is 3.15. The number of halogens is 1. The van der Waals surface area contributed by atoms with Crippen LogP contribution in [0.5, 0.6) is 5.75 Å². The molecule has 0 spiro atoms. The van der Waals surface area contributed by atoms with Gasteiger partial charge in [0.25, 0.3) is 0 Å². The Labute approximate surface area is 81.8 Å². The fourth-order valence-electron chi connectivity index (χ4n) is 1.51. The summed E-state index contributed by atoms with van der Waals surface area (Å²) >= 11 is 0. The van der Waals surface area contributed by atoms with Gasteiger partial charge in [-0.2, -0.15) is 0 Å². The Balaban J connectivity index is 2.23. The lowest BCUT2D eigenvalue weighted by Crippen LogP contribution is -2.08. The second kappa shape index (κ2) is 3.94. The van der Waals surface area contributed by atoms with Crippen LogP contribution >= 0.6 is 0 Å². The van der Waals surface area contributed by atoms with Gasteiger partial charge >= 0.3 is 0 Å². The maximum atomic E-state index is 13.3. The topological polar surface area (TPSA) is 30.5 Å². The average Bonchev–Trinajstić information content (AvgIpc) is 2.70. The first-order valence-corrected chi connectivity index (χ1v) is 4.47. The highest BCUT2D eigenvalue weighted by Gasteiger charge is 2.18. The van der Waals surface area contributed by atoms with Crippen molar-refractivity contribution in [3.63, 3.8) is 0 Å². The van der Waals surface area contributed by atoms with E-state index in [0.29, 0.717) is 6.73 Å². The summed E-state index contributed by atoms with van der Waals surface area (Å²) in [4.78, 5) is 0. The zero-order valence-electron chi connectivity index (χ0n) is 7.92. The molecule has 1 aliphatic heterocycles. The first-order chi connectivity index (χ1) is 6.81.